The minimum Gasteiger partial charge on any atom is -0.384 e. The van der Waals surface area contributed by atoms with Crippen LogP contribution in [0.15, 0.2) is 18.3 Å². The van der Waals surface area contributed by atoms with Gasteiger partial charge < -0.3 is 10.6 Å². The van der Waals surface area contributed by atoms with Crippen LogP contribution in [0.1, 0.15) is 17.3 Å². The number of sulfone groups is 1. The Labute approximate surface area is 122 Å². The molecule has 1 saturated heterocycles. The Morgan fingerprint density at radius 3 is 3.00 bits per heavy atom. The molecule has 1 aromatic rings. The summed E-state index contributed by atoms with van der Waals surface area (Å²) in [5, 5.41) is -0.756. The molecule has 2 N–H and O–H groups in total. The number of carbonyl (C=O) groups excluding carboxylic acids is 1. The quantitative estimate of drug-likeness (QED) is 0.878. The number of pyridine rings is 1. The molecule has 0 radical (unpaired) electrons. The zero-order chi connectivity index (χ0) is 14.8. The van der Waals surface area contributed by atoms with E-state index in [0.29, 0.717) is 17.9 Å². The predicted molar refractivity (Wildman–Crippen MR) is 80.3 cm³/mol. The number of hydrogen-bond donors (Lipinski definition) is 1. The molecule has 2 rings (SSSR count). The first-order valence-electron chi connectivity index (χ1n) is 6.27. The smallest absolute Gasteiger partial charge is 0.255 e. The molecule has 1 aliphatic heterocycles. The number of carbonyl (C=O) groups is 1. The van der Waals surface area contributed by atoms with Crippen molar-refractivity contribution >= 4 is 33.3 Å². The molecular weight excluding hydrogens is 298 g/mol. The van der Waals surface area contributed by atoms with Gasteiger partial charge in [0.05, 0.1) is 0 Å². The van der Waals surface area contributed by atoms with E-state index in [-0.39, 0.29) is 17.5 Å². The number of anilines is 1. The third kappa shape index (κ3) is 3.06. The van der Waals surface area contributed by atoms with Crippen molar-refractivity contribution in [3.05, 3.63) is 23.9 Å². The molecule has 1 aliphatic rings. The van der Waals surface area contributed by atoms with Crippen molar-refractivity contribution < 1.29 is 13.2 Å². The summed E-state index contributed by atoms with van der Waals surface area (Å²) in [5.74, 6) is 1.13. The largest absolute Gasteiger partial charge is 0.384 e. The zero-order valence-corrected chi connectivity index (χ0v) is 12.8. The van der Waals surface area contributed by atoms with E-state index in [4.69, 9.17) is 5.73 Å². The fourth-order valence-electron chi connectivity index (χ4n) is 2.05. The van der Waals surface area contributed by atoms with E-state index in [1.165, 1.54) is 17.2 Å². The molecule has 0 bridgehead atoms. The Morgan fingerprint density at radius 2 is 2.35 bits per heavy atom. The first-order chi connectivity index (χ1) is 9.45. The number of nitrogen functional groups attached to an aromatic ring is 1. The molecule has 1 fully saturated rings. The standard InChI is InChI=1S/C12H17N3O3S2/c1-2-20(17,18)11-8-19-6-5-15(11)12(16)9-3-4-14-10(13)7-9/h3-4,7,11H,2,5-6,8H2,1H3,(H2,13,14). The van der Waals surface area contributed by atoms with Crippen LogP contribution in [0.5, 0.6) is 0 Å². The molecule has 6 nitrogen and oxygen atoms in total. The molecule has 0 aliphatic carbocycles. The third-order valence-corrected chi connectivity index (χ3v) is 6.48. The average molecular weight is 315 g/mol. The van der Waals surface area contributed by atoms with Crippen molar-refractivity contribution in [3.63, 3.8) is 0 Å². The van der Waals surface area contributed by atoms with Gasteiger partial charge in [-0.15, -0.1) is 0 Å². The highest BCUT2D eigenvalue weighted by atomic mass is 32.2. The second-order valence-electron chi connectivity index (χ2n) is 4.45. The zero-order valence-electron chi connectivity index (χ0n) is 11.2. The van der Waals surface area contributed by atoms with Crippen LogP contribution in [0.3, 0.4) is 0 Å². The van der Waals surface area contributed by atoms with Gasteiger partial charge in [0.1, 0.15) is 11.2 Å². The van der Waals surface area contributed by atoms with Crippen LogP contribution < -0.4 is 5.73 Å². The summed E-state index contributed by atoms with van der Waals surface area (Å²) >= 11 is 1.55. The molecule has 0 aromatic carbocycles. The van der Waals surface area contributed by atoms with E-state index < -0.39 is 15.2 Å². The Bertz CT molecular complexity index is 604. The summed E-state index contributed by atoms with van der Waals surface area (Å²) in [6, 6.07) is 3.02. The molecule has 20 heavy (non-hydrogen) atoms. The molecule has 110 valence electrons. The Balaban J connectivity index is 2.31. The maximum absolute atomic E-state index is 12.5. The van der Waals surface area contributed by atoms with Gasteiger partial charge in [0.25, 0.3) is 5.91 Å². The molecule has 2 heterocycles. The first kappa shape index (κ1) is 15.1. The number of hydrogen-bond acceptors (Lipinski definition) is 6. The van der Waals surface area contributed by atoms with E-state index in [1.807, 2.05) is 0 Å². The van der Waals surface area contributed by atoms with Gasteiger partial charge in [-0.1, -0.05) is 6.92 Å². The molecule has 1 amide bonds. The van der Waals surface area contributed by atoms with Crippen LogP contribution in [-0.4, -0.2) is 53.4 Å². The van der Waals surface area contributed by atoms with Gasteiger partial charge in [0, 0.05) is 35.6 Å². The van der Waals surface area contributed by atoms with Crippen LogP contribution in [-0.2, 0) is 9.84 Å². The highest BCUT2D eigenvalue weighted by Crippen LogP contribution is 2.23. The third-order valence-electron chi connectivity index (χ3n) is 3.19. The van der Waals surface area contributed by atoms with E-state index in [9.17, 15) is 13.2 Å². The Kier molecular flexibility index (Phi) is 4.54. The van der Waals surface area contributed by atoms with Crippen molar-refractivity contribution in [2.75, 3.05) is 29.5 Å². The monoisotopic (exact) mass is 315 g/mol. The van der Waals surface area contributed by atoms with Gasteiger partial charge >= 0.3 is 0 Å². The van der Waals surface area contributed by atoms with Gasteiger partial charge in [-0.3, -0.25) is 4.79 Å². The van der Waals surface area contributed by atoms with Crippen LogP contribution >= 0.6 is 11.8 Å². The average Bonchev–Trinajstić information content (AvgIpc) is 2.46. The first-order valence-corrected chi connectivity index (χ1v) is 9.14. The summed E-state index contributed by atoms with van der Waals surface area (Å²) in [4.78, 5) is 17.8. The lowest BCUT2D eigenvalue weighted by Gasteiger charge is -2.34. The lowest BCUT2D eigenvalue weighted by atomic mass is 10.2. The maximum atomic E-state index is 12.5. The highest BCUT2D eigenvalue weighted by Gasteiger charge is 2.36. The summed E-state index contributed by atoms with van der Waals surface area (Å²) in [5.41, 5.74) is 5.94. The minimum absolute atomic E-state index is 0.0283. The van der Waals surface area contributed by atoms with Crippen LogP contribution in [0, 0.1) is 0 Å². The lowest BCUT2D eigenvalue weighted by Crippen LogP contribution is -2.50. The van der Waals surface area contributed by atoms with Crippen molar-refractivity contribution in [2.24, 2.45) is 0 Å². The number of nitrogens with two attached hydrogens (primary N) is 1. The Morgan fingerprint density at radius 1 is 1.60 bits per heavy atom. The Hall–Kier alpha value is -1.28. The van der Waals surface area contributed by atoms with Crippen molar-refractivity contribution in [2.45, 2.75) is 12.3 Å². The normalized spacial score (nSPS) is 19.9. The van der Waals surface area contributed by atoms with Gasteiger partial charge in [-0.2, -0.15) is 11.8 Å². The molecule has 0 spiro atoms. The van der Waals surface area contributed by atoms with Gasteiger partial charge in [-0.25, -0.2) is 13.4 Å². The number of thioether (sulfide) groups is 1. The minimum atomic E-state index is -3.30. The predicted octanol–water partition coefficient (Wildman–Crippen LogP) is 0.614. The second-order valence-corrected chi connectivity index (χ2v) is 8.05. The van der Waals surface area contributed by atoms with E-state index in [1.54, 1.807) is 24.8 Å². The van der Waals surface area contributed by atoms with Gasteiger partial charge in [0.15, 0.2) is 9.84 Å². The van der Waals surface area contributed by atoms with Gasteiger partial charge in [-0.05, 0) is 12.1 Å². The fourth-order valence-corrected chi connectivity index (χ4v) is 5.02. The number of aromatic nitrogens is 1. The summed E-state index contributed by atoms with van der Waals surface area (Å²) in [7, 11) is -3.30. The summed E-state index contributed by atoms with van der Waals surface area (Å²) in [6.07, 6.45) is 1.45. The van der Waals surface area contributed by atoms with E-state index in [2.05, 4.69) is 4.98 Å². The number of rotatable bonds is 3. The fraction of sp³-hybridized carbons (Fsp3) is 0.500. The molecular formula is C12H17N3O3S2. The molecule has 1 aromatic heterocycles. The SMILES string of the molecule is CCS(=O)(=O)C1CSCCN1C(=O)c1ccnc(N)c1. The van der Waals surface area contributed by atoms with Crippen molar-refractivity contribution in [3.8, 4) is 0 Å². The van der Waals surface area contributed by atoms with Gasteiger partial charge in [0.2, 0.25) is 0 Å². The molecule has 0 saturated carbocycles. The maximum Gasteiger partial charge on any atom is 0.255 e. The van der Waals surface area contributed by atoms with Crippen molar-refractivity contribution in [1.82, 2.24) is 9.88 Å². The van der Waals surface area contributed by atoms with Crippen LogP contribution in [0.25, 0.3) is 0 Å². The highest BCUT2D eigenvalue weighted by molar-refractivity contribution is 8.01. The van der Waals surface area contributed by atoms with Crippen LogP contribution in [0.2, 0.25) is 0 Å². The molecule has 1 unspecified atom stereocenters. The molecule has 1 atom stereocenters. The number of amides is 1. The lowest BCUT2D eigenvalue weighted by molar-refractivity contribution is 0.0749. The van der Waals surface area contributed by atoms with E-state index in [0.717, 1.165) is 5.75 Å². The summed E-state index contributed by atoms with van der Waals surface area (Å²) in [6.45, 7) is 2.03. The molecule has 8 heteroatoms. The number of nitrogens with zero attached hydrogens (tertiary/aromatic N) is 2. The topological polar surface area (TPSA) is 93.4 Å². The van der Waals surface area contributed by atoms with Crippen molar-refractivity contribution in [1.29, 1.82) is 0 Å². The van der Waals surface area contributed by atoms with E-state index >= 15 is 0 Å². The second kappa shape index (κ2) is 6.01. The van der Waals surface area contributed by atoms with Crippen LogP contribution in [0.4, 0.5) is 5.82 Å². The summed E-state index contributed by atoms with van der Waals surface area (Å²) < 4.78 is 24.2.